The molecular formula is C22H25NO6. The first-order valence-electron chi connectivity index (χ1n) is 9.50. The summed E-state index contributed by atoms with van der Waals surface area (Å²) in [7, 11) is 0. The highest BCUT2D eigenvalue weighted by Crippen LogP contribution is 2.32. The van der Waals surface area contributed by atoms with Gasteiger partial charge in [0.15, 0.2) is 17.6 Å². The topological polar surface area (TPSA) is 83.1 Å². The zero-order valence-corrected chi connectivity index (χ0v) is 16.8. The molecule has 0 saturated heterocycles. The van der Waals surface area contributed by atoms with Crippen molar-refractivity contribution in [2.75, 3.05) is 6.79 Å². The maximum Gasteiger partial charge on any atom is 0.338 e. The van der Waals surface area contributed by atoms with Gasteiger partial charge in [-0.15, -0.1) is 0 Å². The van der Waals surface area contributed by atoms with Crippen LogP contribution in [0.5, 0.6) is 11.5 Å². The highest BCUT2D eigenvalue weighted by Gasteiger charge is 2.19. The van der Waals surface area contributed by atoms with Gasteiger partial charge in [-0.3, -0.25) is 4.79 Å². The molecule has 0 saturated carbocycles. The van der Waals surface area contributed by atoms with Gasteiger partial charge >= 0.3 is 5.97 Å². The monoisotopic (exact) mass is 399 g/mol. The third kappa shape index (κ3) is 5.71. The Morgan fingerprint density at radius 3 is 2.41 bits per heavy atom. The van der Waals surface area contributed by atoms with E-state index in [0.29, 0.717) is 30.2 Å². The zero-order valence-electron chi connectivity index (χ0n) is 16.8. The van der Waals surface area contributed by atoms with Crippen molar-refractivity contribution in [3.63, 3.8) is 0 Å². The van der Waals surface area contributed by atoms with E-state index in [2.05, 4.69) is 5.32 Å². The molecule has 0 fully saturated rings. The summed E-state index contributed by atoms with van der Waals surface area (Å²) in [6.45, 7) is 6.44. The first-order chi connectivity index (χ1) is 13.9. The smallest absolute Gasteiger partial charge is 0.338 e. The number of ether oxygens (including phenoxy) is 4. The minimum Gasteiger partial charge on any atom is -0.454 e. The maximum atomic E-state index is 12.3. The number of carbonyl (C=O) groups excluding carboxylic acids is 2. The van der Waals surface area contributed by atoms with Gasteiger partial charge in [0.25, 0.3) is 5.91 Å². The van der Waals surface area contributed by atoms with E-state index in [0.717, 1.165) is 11.1 Å². The summed E-state index contributed by atoms with van der Waals surface area (Å²) < 4.78 is 21.4. The molecule has 0 aliphatic carbocycles. The summed E-state index contributed by atoms with van der Waals surface area (Å²) in [6.07, 6.45) is -0.780. The SMILES string of the molecule is CC(C)OCc1ccc(C(=O)O[C@@H](C)C(=O)NCc2ccc3c(c2)OCO3)cc1. The summed E-state index contributed by atoms with van der Waals surface area (Å²) in [4.78, 5) is 24.5. The number of benzene rings is 2. The van der Waals surface area contributed by atoms with Crippen molar-refractivity contribution < 1.29 is 28.5 Å². The molecule has 7 nitrogen and oxygen atoms in total. The van der Waals surface area contributed by atoms with Crippen LogP contribution in [-0.4, -0.2) is 30.9 Å². The maximum absolute atomic E-state index is 12.3. The van der Waals surface area contributed by atoms with Crippen LogP contribution in [0.15, 0.2) is 42.5 Å². The lowest BCUT2D eigenvalue weighted by atomic mass is 10.1. The van der Waals surface area contributed by atoms with Gasteiger partial charge in [0.05, 0.1) is 18.3 Å². The van der Waals surface area contributed by atoms with E-state index in [-0.39, 0.29) is 18.8 Å². The van der Waals surface area contributed by atoms with Gasteiger partial charge in [0.1, 0.15) is 0 Å². The fourth-order valence-corrected chi connectivity index (χ4v) is 2.67. The van der Waals surface area contributed by atoms with Crippen LogP contribution in [-0.2, 0) is 27.4 Å². The van der Waals surface area contributed by atoms with Crippen molar-refractivity contribution in [3.05, 3.63) is 59.2 Å². The van der Waals surface area contributed by atoms with Crippen molar-refractivity contribution in [3.8, 4) is 11.5 Å². The number of hydrogen-bond acceptors (Lipinski definition) is 6. The zero-order chi connectivity index (χ0) is 20.8. The molecule has 0 spiro atoms. The summed E-state index contributed by atoms with van der Waals surface area (Å²) in [5.41, 5.74) is 2.21. The first kappa shape index (κ1) is 20.7. The first-order valence-corrected chi connectivity index (χ1v) is 9.50. The van der Waals surface area contributed by atoms with Crippen molar-refractivity contribution in [1.82, 2.24) is 5.32 Å². The van der Waals surface area contributed by atoms with E-state index in [4.69, 9.17) is 18.9 Å². The molecule has 0 radical (unpaired) electrons. The van der Waals surface area contributed by atoms with Crippen LogP contribution in [0.2, 0.25) is 0 Å². The van der Waals surface area contributed by atoms with Gasteiger partial charge in [0.2, 0.25) is 6.79 Å². The van der Waals surface area contributed by atoms with Gasteiger partial charge < -0.3 is 24.3 Å². The lowest BCUT2D eigenvalue weighted by molar-refractivity contribution is -0.129. The van der Waals surface area contributed by atoms with Crippen LogP contribution in [0.25, 0.3) is 0 Å². The second-order valence-electron chi connectivity index (χ2n) is 7.01. The molecule has 0 bridgehead atoms. The highest BCUT2D eigenvalue weighted by molar-refractivity contribution is 5.92. The van der Waals surface area contributed by atoms with E-state index in [1.165, 1.54) is 6.92 Å². The van der Waals surface area contributed by atoms with Crippen LogP contribution >= 0.6 is 0 Å². The number of carbonyl (C=O) groups is 2. The largest absolute Gasteiger partial charge is 0.454 e. The lowest BCUT2D eigenvalue weighted by Crippen LogP contribution is -2.35. The Hall–Kier alpha value is -3.06. The Labute approximate surface area is 169 Å². The van der Waals surface area contributed by atoms with Crippen molar-refractivity contribution in [2.45, 2.75) is 46.1 Å². The van der Waals surface area contributed by atoms with E-state index < -0.39 is 12.1 Å². The molecule has 1 aliphatic heterocycles. The Balaban J connectivity index is 1.47. The van der Waals surface area contributed by atoms with Crippen molar-refractivity contribution in [2.24, 2.45) is 0 Å². The average molecular weight is 399 g/mol. The van der Waals surface area contributed by atoms with Gasteiger partial charge in [-0.25, -0.2) is 4.79 Å². The van der Waals surface area contributed by atoms with Gasteiger partial charge in [0, 0.05) is 6.54 Å². The summed E-state index contributed by atoms with van der Waals surface area (Å²) >= 11 is 0. The molecule has 7 heteroatoms. The van der Waals surface area contributed by atoms with E-state index in [1.807, 2.05) is 38.1 Å². The average Bonchev–Trinajstić information content (AvgIpc) is 3.18. The molecule has 2 aromatic rings. The molecule has 1 atom stereocenters. The molecule has 1 N–H and O–H groups in total. The fraction of sp³-hybridized carbons (Fsp3) is 0.364. The van der Waals surface area contributed by atoms with Gasteiger partial charge in [-0.1, -0.05) is 18.2 Å². The molecule has 0 unspecified atom stereocenters. The molecule has 0 aromatic heterocycles. The van der Waals surface area contributed by atoms with Crippen LogP contribution in [0.4, 0.5) is 0 Å². The van der Waals surface area contributed by atoms with Crippen molar-refractivity contribution in [1.29, 1.82) is 0 Å². The Morgan fingerprint density at radius 1 is 1.00 bits per heavy atom. The highest BCUT2D eigenvalue weighted by atomic mass is 16.7. The van der Waals surface area contributed by atoms with E-state index >= 15 is 0 Å². The Bertz CT molecular complexity index is 862. The predicted molar refractivity (Wildman–Crippen MR) is 106 cm³/mol. The standard InChI is InChI=1S/C22H25NO6/c1-14(2)26-12-16-4-7-18(8-5-16)22(25)29-15(3)21(24)23-11-17-6-9-19-20(10-17)28-13-27-19/h4-10,14-15H,11-13H2,1-3H3,(H,23,24)/t15-/m0/s1. The van der Waals surface area contributed by atoms with Crippen LogP contribution in [0, 0.1) is 0 Å². The van der Waals surface area contributed by atoms with Crippen LogP contribution in [0.3, 0.4) is 0 Å². The second-order valence-corrected chi connectivity index (χ2v) is 7.01. The summed E-state index contributed by atoms with van der Waals surface area (Å²) in [6, 6.07) is 12.4. The van der Waals surface area contributed by atoms with E-state index in [1.54, 1.807) is 18.2 Å². The number of fused-ring (bicyclic) bond motifs is 1. The van der Waals surface area contributed by atoms with E-state index in [9.17, 15) is 9.59 Å². The molecule has 29 heavy (non-hydrogen) atoms. The minimum atomic E-state index is -0.916. The third-order valence-corrected chi connectivity index (χ3v) is 4.33. The number of amides is 1. The fourth-order valence-electron chi connectivity index (χ4n) is 2.67. The van der Waals surface area contributed by atoms with Gasteiger partial charge in [-0.2, -0.15) is 0 Å². The lowest BCUT2D eigenvalue weighted by Gasteiger charge is -2.14. The normalized spacial score (nSPS) is 13.2. The molecule has 154 valence electrons. The molecule has 2 aromatic carbocycles. The third-order valence-electron chi connectivity index (χ3n) is 4.33. The number of rotatable bonds is 8. The van der Waals surface area contributed by atoms with Crippen molar-refractivity contribution >= 4 is 11.9 Å². The molecule has 1 aliphatic rings. The quantitative estimate of drug-likeness (QED) is 0.687. The van der Waals surface area contributed by atoms with Gasteiger partial charge in [-0.05, 0) is 56.2 Å². The number of nitrogens with one attached hydrogen (secondary N) is 1. The Kier molecular flexibility index (Phi) is 6.72. The summed E-state index contributed by atoms with van der Waals surface area (Å²) in [5.74, 6) is 0.410. The number of hydrogen-bond donors (Lipinski definition) is 1. The predicted octanol–water partition coefficient (Wildman–Crippen LogP) is 3.20. The molecule has 1 heterocycles. The van der Waals surface area contributed by atoms with Crippen LogP contribution < -0.4 is 14.8 Å². The molecule has 3 rings (SSSR count). The Morgan fingerprint density at radius 2 is 1.69 bits per heavy atom. The summed E-state index contributed by atoms with van der Waals surface area (Å²) in [5, 5.41) is 2.75. The molecular weight excluding hydrogens is 374 g/mol. The van der Waals surface area contributed by atoms with Crippen LogP contribution in [0.1, 0.15) is 42.3 Å². The second kappa shape index (κ2) is 9.43. The number of esters is 1. The molecule has 1 amide bonds. The minimum absolute atomic E-state index is 0.136.